The molecule has 1 atom stereocenters. The first-order valence-electron chi connectivity index (χ1n) is 14.9. The molecule has 0 bridgehead atoms. The van der Waals surface area contributed by atoms with Gasteiger partial charge in [-0.05, 0) is 74.7 Å². The van der Waals surface area contributed by atoms with Gasteiger partial charge in [-0.2, -0.15) is 5.26 Å². The Balaban J connectivity index is 0.00000760. The van der Waals surface area contributed by atoms with E-state index in [2.05, 4.69) is 55.3 Å². The molecule has 0 radical (unpaired) electrons. The van der Waals surface area contributed by atoms with Crippen molar-refractivity contribution in [2.75, 3.05) is 34.4 Å². The molecule has 0 N–H and O–H groups in total. The van der Waals surface area contributed by atoms with Crippen molar-refractivity contribution in [1.29, 1.82) is 5.26 Å². The second kappa shape index (κ2) is 20.7. The Morgan fingerprint density at radius 1 is 0.744 bits per heavy atom. The van der Waals surface area contributed by atoms with Gasteiger partial charge >= 0.3 is 0 Å². The van der Waals surface area contributed by atoms with Gasteiger partial charge in [0.1, 0.15) is 11.5 Å². The molecular formula is C34H53ClN2O2. The van der Waals surface area contributed by atoms with Crippen LogP contribution in [0.2, 0.25) is 0 Å². The predicted molar refractivity (Wildman–Crippen MR) is 167 cm³/mol. The third-order valence-corrected chi connectivity index (χ3v) is 7.85. The Hall–Kier alpha value is -2.22. The summed E-state index contributed by atoms with van der Waals surface area (Å²) in [7, 11) is 5.60. The van der Waals surface area contributed by atoms with Crippen LogP contribution in [0.25, 0.3) is 0 Å². The average Bonchev–Trinajstić information content (AvgIpc) is 2.96. The summed E-state index contributed by atoms with van der Waals surface area (Å²) in [4.78, 5) is 2.38. The summed E-state index contributed by atoms with van der Waals surface area (Å²) < 4.78 is 10.9. The first-order valence-corrected chi connectivity index (χ1v) is 14.9. The summed E-state index contributed by atoms with van der Waals surface area (Å²) in [5, 5.41) is 10.5. The van der Waals surface area contributed by atoms with Gasteiger partial charge < -0.3 is 14.4 Å². The molecule has 0 aliphatic rings. The highest BCUT2D eigenvalue weighted by Crippen LogP contribution is 2.36. The van der Waals surface area contributed by atoms with Crippen LogP contribution in [0.3, 0.4) is 0 Å². The number of hydrogen-bond acceptors (Lipinski definition) is 4. The number of hydrogen-bond donors (Lipinski definition) is 0. The quantitative estimate of drug-likeness (QED) is 0.144. The molecule has 0 amide bonds. The molecule has 2 aromatic carbocycles. The van der Waals surface area contributed by atoms with Crippen LogP contribution >= 0.6 is 12.4 Å². The van der Waals surface area contributed by atoms with Crippen LogP contribution in [0.5, 0.6) is 11.5 Å². The standard InChI is InChI=1S/C34H52N2O2.ClH/c1-5-6-7-8-9-10-11-12-13-14-23-34(29-35,31-19-16-21-33(28-31)38-4)24-17-25-36(2)26-22-30-18-15-20-32(27-30)37-3;/h15-16,18-21,27-28H,5-14,17,22-26H2,1-4H3;1H. The van der Waals surface area contributed by atoms with Crippen LogP contribution in [0.1, 0.15) is 102 Å². The lowest BCUT2D eigenvalue weighted by Gasteiger charge is -2.29. The smallest absolute Gasteiger partial charge is 0.119 e. The maximum Gasteiger partial charge on any atom is 0.119 e. The molecule has 1 unspecified atom stereocenters. The van der Waals surface area contributed by atoms with Gasteiger partial charge in [-0.3, -0.25) is 0 Å². The zero-order chi connectivity index (χ0) is 27.5. The lowest BCUT2D eigenvalue weighted by atomic mass is 9.74. The number of unbranched alkanes of at least 4 members (excludes halogenated alkanes) is 9. The van der Waals surface area contributed by atoms with Crippen molar-refractivity contribution in [3.63, 3.8) is 0 Å². The third kappa shape index (κ3) is 13.1. The zero-order valence-corrected chi connectivity index (χ0v) is 25.9. The van der Waals surface area contributed by atoms with Crippen LogP contribution in [-0.4, -0.2) is 39.3 Å². The summed E-state index contributed by atoms with van der Waals surface area (Å²) in [6, 6.07) is 19.3. The van der Waals surface area contributed by atoms with Crippen molar-refractivity contribution < 1.29 is 9.47 Å². The van der Waals surface area contributed by atoms with Gasteiger partial charge in [-0.1, -0.05) is 95.4 Å². The van der Waals surface area contributed by atoms with E-state index >= 15 is 0 Å². The Morgan fingerprint density at radius 3 is 1.92 bits per heavy atom. The summed E-state index contributed by atoms with van der Waals surface area (Å²) in [5.74, 6) is 1.75. The van der Waals surface area contributed by atoms with Crippen molar-refractivity contribution in [2.24, 2.45) is 0 Å². The monoisotopic (exact) mass is 556 g/mol. The fourth-order valence-corrected chi connectivity index (χ4v) is 5.34. The fourth-order valence-electron chi connectivity index (χ4n) is 5.34. The first kappa shape index (κ1) is 34.8. The zero-order valence-electron chi connectivity index (χ0n) is 25.1. The van der Waals surface area contributed by atoms with E-state index in [0.29, 0.717) is 0 Å². The van der Waals surface area contributed by atoms with E-state index in [1.807, 2.05) is 18.2 Å². The molecule has 0 saturated carbocycles. The minimum atomic E-state index is -0.456. The van der Waals surface area contributed by atoms with Crippen molar-refractivity contribution in [3.8, 4) is 17.6 Å². The Kier molecular flexibility index (Phi) is 18.4. The molecule has 2 aromatic rings. The second-order valence-corrected chi connectivity index (χ2v) is 10.9. The number of methoxy groups -OCH3 is 2. The number of benzene rings is 2. The van der Waals surface area contributed by atoms with E-state index in [9.17, 15) is 5.26 Å². The van der Waals surface area contributed by atoms with E-state index < -0.39 is 5.41 Å². The van der Waals surface area contributed by atoms with Gasteiger partial charge in [0.15, 0.2) is 0 Å². The van der Waals surface area contributed by atoms with Crippen molar-refractivity contribution in [2.45, 2.75) is 102 Å². The average molecular weight is 557 g/mol. The number of nitrogens with zero attached hydrogens (tertiary/aromatic N) is 2. The minimum Gasteiger partial charge on any atom is -0.497 e. The van der Waals surface area contributed by atoms with E-state index in [1.54, 1.807) is 14.2 Å². The number of rotatable bonds is 21. The molecule has 5 heteroatoms. The van der Waals surface area contributed by atoms with E-state index in [1.165, 1.54) is 63.4 Å². The second-order valence-electron chi connectivity index (χ2n) is 10.9. The van der Waals surface area contributed by atoms with Crippen molar-refractivity contribution in [3.05, 3.63) is 59.7 Å². The highest BCUT2D eigenvalue weighted by molar-refractivity contribution is 5.85. The van der Waals surface area contributed by atoms with Gasteiger partial charge in [0.25, 0.3) is 0 Å². The molecule has 0 aliphatic heterocycles. The maximum absolute atomic E-state index is 10.5. The molecule has 0 fully saturated rings. The van der Waals surface area contributed by atoms with Crippen molar-refractivity contribution in [1.82, 2.24) is 4.90 Å². The number of nitriles is 1. The largest absolute Gasteiger partial charge is 0.497 e. The number of halogens is 1. The summed E-state index contributed by atoms with van der Waals surface area (Å²) >= 11 is 0. The van der Waals surface area contributed by atoms with Gasteiger partial charge in [-0.15, -0.1) is 12.4 Å². The van der Waals surface area contributed by atoms with E-state index in [0.717, 1.165) is 62.3 Å². The fraction of sp³-hybridized carbons (Fsp3) is 0.618. The summed E-state index contributed by atoms with van der Waals surface area (Å²) in [5.41, 5.74) is 1.94. The third-order valence-electron chi connectivity index (χ3n) is 7.85. The molecule has 0 aliphatic carbocycles. The lowest BCUT2D eigenvalue weighted by molar-refractivity contribution is 0.309. The highest BCUT2D eigenvalue weighted by atomic mass is 35.5. The molecule has 0 spiro atoms. The molecule has 0 aromatic heterocycles. The van der Waals surface area contributed by atoms with E-state index in [4.69, 9.17) is 9.47 Å². The SMILES string of the molecule is CCCCCCCCCCCCC(C#N)(CCCN(C)CCc1cccc(OC)c1)c1cccc(OC)c1.Cl. The van der Waals surface area contributed by atoms with E-state index in [-0.39, 0.29) is 12.4 Å². The predicted octanol–water partition coefficient (Wildman–Crippen LogP) is 9.15. The summed E-state index contributed by atoms with van der Waals surface area (Å²) in [6.07, 6.45) is 16.9. The molecule has 2 rings (SSSR count). The first-order chi connectivity index (χ1) is 18.6. The number of ether oxygens (including phenoxy) is 2. The van der Waals surface area contributed by atoms with Gasteiger partial charge in [0.2, 0.25) is 0 Å². The lowest BCUT2D eigenvalue weighted by Crippen LogP contribution is -2.28. The van der Waals surface area contributed by atoms with Crippen LogP contribution in [-0.2, 0) is 11.8 Å². The van der Waals surface area contributed by atoms with Gasteiger partial charge in [-0.25, -0.2) is 0 Å². The molecule has 0 heterocycles. The summed E-state index contributed by atoms with van der Waals surface area (Å²) in [6.45, 7) is 4.24. The molecule has 218 valence electrons. The van der Waals surface area contributed by atoms with Crippen molar-refractivity contribution >= 4 is 12.4 Å². The molecule has 0 saturated heterocycles. The van der Waals surface area contributed by atoms with Gasteiger partial charge in [0.05, 0.1) is 25.7 Å². The normalized spacial score (nSPS) is 12.4. The topological polar surface area (TPSA) is 45.5 Å². The maximum atomic E-state index is 10.5. The van der Waals surface area contributed by atoms with Crippen LogP contribution in [0, 0.1) is 11.3 Å². The Bertz CT molecular complexity index is 945. The van der Waals surface area contributed by atoms with Crippen LogP contribution < -0.4 is 9.47 Å². The molecule has 39 heavy (non-hydrogen) atoms. The van der Waals surface area contributed by atoms with Gasteiger partial charge in [0, 0.05) is 6.54 Å². The van der Waals surface area contributed by atoms with Crippen LogP contribution in [0.4, 0.5) is 0 Å². The van der Waals surface area contributed by atoms with Crippen LogP contribution in [0.15, 0.2) is 48.5 Å². The highest BCUT2D eigenvalue weighted by Gasteiger charge is 2.32. The molecule has 4 nitrogen and oxygen atoms in total. The number of likely N-dealkylation sites (N-methyl/N-ethyl adjacent to an activating group) is 1. The minimum absolute atomic E-state index is 0. The Labute approximate surface area is 245 Å². The Morgan fingerprint density at radius 2 is 1.31 bits per heavy atom. The molecular weight excluding hydrogens is 504 g/mol.